The van der Waals surface area contributed by atoms with Gasteiger partial charge in [-0.15, -0.1) is 0 Å². The number of aryl methyl sites for hydroxylation is 3. The Morgan fingerprint density at radius 3 is 2.78 bits per heavy atom. The molecule has 0 saturated heterocycles. The Hall–Kier alpha value is -3.22. The van der Waals surface area contributed by atoms with Gasteiger partial charge in [0.1, 0.15) is 17.2 Å². The molecular weight excluding hydrogens is 342 g/mol. The zero-order valence-electron chi connectivity index (χ0n) is 15.7. The molecule has 27 heavy (non-hydrogen) atoms. The summed E-state index contributed by atoms with van der Waals surface area (Å²) in [6.45, 7) is 6.14. The van der Waals surface area contributed by atoms with Crippen molar-refractivity contribution in [1.82, 2.24) is 19.7 Å². The monoisotopic (exact) mass is 365 g/mol. The number of aromatic nitrogens is 3. The van der Waals surface area contributed by atoms with Gasteiger partial charge in [0.25, 0.3) is 5.91 Å². The number of carbonyl (C=O) groups excluding carboxylic acids is 2. The van der Waals surface area contributed by atoms with Gasteiger partial charge in [-0.3, -0.25) is 14.0 Å². The van der Waals surface area contributed by atoms with Crippen LogP contribution in [-0.2, 0) is 4.79 Å². The third-order valence-electron chi connectivity index (χ3n) is 4.28. The molecule has 0 bridgehead atoms. The topological polar surface area (TPSA) is 88.4 Å². The van der Waals surface area contributed by atoms with Crippen molar-refractivity contribution < 1.29 is 9.59 Å². The summed E-state index contributed by atoms with van der Waals surface area (Å²) < 4.78 is 1.80. The summed E-state index contributed by atoms with van der Waals surface area (Å²) in [6, 6.07) is 7.54. The van der Waals surface area contributed by atoms with Crippen LogP contribution >= 0.6 is 0 Å². The Morgan fingerprint density at radius 2 is 2.00 bits per heavy atom. The van der Waals surface area contributed by atoms with Crippen molar-refractivity contribution in [3.63, 3.8) is 0 Å². The number of amides is 2. The van der Waals surface area contributed by atoms with Gasteiger partial charge in [-0.25, -0.2) is 9.97 Å². The van der Waals surface area contributed by atoms with Crippen LogP contribution in [0, 0.1) is 20.8 Å². The van der Waals surface area contributed by atoms with E-state index in [-0.39, 0.29) is 11.8 Å². The highest BCUT2D eigenvalue weighted by atomic mass is 16.2. The third kappa shape index (κ3) is 4.31. The van der Waals surface area contributed by atoms with Crippen LogP contribution in [0.5, 0.6) is 0 Å². The second-order valence-electron chi connectivity index (χ2n) is 6.56. The largest absolute Gasteiger partial charge is 0.351 e. The first-order valence-corrected chi connectivity index (χ1v) is 8.90. The molecule has 0 radical (unpaired) electrons. The van der Waals surface area contributed by atoms with Crippen LogP contribution in [0.4, 0.5) is 5.82 Å². The number of fused-ring (bicyclic) bond motifs is 1. The molecule has 140 valence electrons. The number of rotatable bonds is 6. The first kappa shape index (κ1) is 18.6. The van der Waals surface area contributed by atoms with Crippen LogP contribution in [-0.4, -0.2) is 32.7 Å². The molecular formula is C20H23N5O2. The third-order valence-corrected chi connectivity index (χ3v) is 4.28. The molecule has 3 rings (SSSR count). The van der Waals surface area contributed by atoms with Crippen molar-refractivity contribution in [1.29, 1.82) is 0 Å². The van der Waals surface area contributed by atoms with Crippen LogP contribution in [0.25, 0.3) is 5.65 Å². The fraction of sp³-hybridized carbons (Fsp3) is 0.300. The maximum atomic E-state index is 12.5. The fourth-order valence-electron chi connectivity index (χ4n) is 2.94. The van der Waals surface area contributed by atoms with Crippen LogP contribution < -0.4 is 10.6 Å². The van der Waals surface area contributed by atoms with Gasteiger partial charge in [0.05, 0.1) is 5.69 Å². The molecule has 3 aromatic rings. The van der Waals surface area contributed by atoms with E-state index in [9.17, 15) is 9.59 Å². The predicted octanol–water partition coefficient (Wildman–Crippen LogP) is 2.80. The molecule has 0 unspecified atom stereocenters. The van der Waals surface area contributed by atoms with E-state index >= 15 is 0 Å². The van der Waals surface area contributed by atoms with Gasteiger partial charge >= 0.3 is 0 Å². The molecule has 2 amide bonds. The van der Waals surface area contributed by atoms with E-state index in [1.807, 2.05) is 51.2 Å². The lowest BCUT2D eigenvalue weighted by Gasteiger charge is -2.07. The highest BCUT2D eigenvalue weighted by molar-refractivity contribution is 5.95. The average molecular weight is 365 g/mol. The highest BCUT2D eigenvalue weighted by Crippen LogP contribution is 2.15. The lowest BCUT2D eigenvalue weighted by Crippen LogP contribution is -2.27. The van der Waals surface area contributed by atoms with Gasteiger partial charge < -0.3 is 10.6 Å². The molecule has 7 heteroatoms. The van der Waals surface area contributed by atoms with Crippen molar-refractivity contribution in [2.45, 2.75) is 33.6 Å². The zero-order chi connectivity index (χ0) is 19.4. The van der Waals surface area contributed by atoms with Crippen LogP contribution in [0.1, 0.15) is 40.2 Å². The smallest absolute Gasteiger partial charge is 0.270 e. The molecule has 0 aliphatic heterocycles. The van der Waals surface area contributed by atoms with Crippen LogP contribution in [0.15, 0.2) is 36.7 Å². The Balaban J connectivity index is 1.52. The zero-order valence-corrected chi connectivity index (χ0v) is 15.7. The van der Waals surface area contributed by atoms with Gasteiger partial charge in [0.15, 0.2) is 0 Å². The minimum absolute atomic E-state index is 0.121. The molecule has 3 heterocycles. The maximum Gasteiger partial charge on any atom is 0.270 e. The number of hydrogen-bond acceptors (Lipinski definition) is 4. The summed E-state index contributed by atoms with van der Waals surface area (Å²) in [7, 11) is 0. The van der Waals surface area contributed by atoms with Gasteiger partial charge in [-0.05, 0) is 56.5 Å². The molecule has 0 saturated carbocycles. The number of carbonyl (C=O) groups is 2. The SMILES string of the molecule is Cc1ccnc(NC(=O)CCCNC(=O)c2c(C)nc3c(C)cccn23)c1. The van der Waals surface area contributed by atoms with E-state index in [1.165, 1.54) is 0 Å². The van der Waals surface area contributed by atoms with Crippen molar-refractivity contribution in [3.05, 3.63) is 59.2 Å². The number of pyridine rings is 2. The molecule has 0 spiro atoms. The first-order chi connectivity index (χ1) is 13.0. The van der Waals surface area contributed by atoms with Crippen molar-refractivity contribution in [2.24, 2.45) is 0 Å². The molecule has 7 nitrogen and oxygen atoms in total. The van der Waals surface area contributed by atoms with Crippen molar-refractivity contribution >= 4 is 23.3 Å². The predicted molar refractivity (Wildman–Crippen MR) is 104 cm³/mol. The van der Waals surface area contributed by atoms with E-state index in [0.717, 1.165) is 16.8 Å². The Morgan fingerprint density at radius 1 is 1.19 bits per heavy atom. The Kier molecular flexibility index (Phi) is 5.49. The molecule has 0 aromatic carbocycles. The van der Waals surface area contributed by atoms with E-state index in [1.54, 1.807) is 10.6 Å². The van der Waals surface area contributed by atoms with Crippen LogP contribution in [0.2, 0.25) is 0 Å². The van der Waals surface area contributed by atoms with Crippen molar-refractivity contribution in [2.75, 3.05) is 11.9 Å². The Bertz CT molecular complexity index is 993. The standard InChI is InChI=1S/C20H23N5O2/c1-13-8-10-21-16(12-13)24-17(26)7-4-9-22-20(27)18-15(3)23-19-14(2)6-5-11-25(18)19/h5-6,8,10-12H,4,7,9H2,1-3H3,(H,22,27)(H,21,24,26). The van der Waals surface area contributed by atoms with Gasteiger partial charge in [0, 0.05) is 25.4 Å². The number of anilines is 1. The fourth-order valence-corrected chi connectivity index (χ4v) is 2.94. The van der Waals surface area contributed by atoms with Gasteiger partial charge in [-0.2, -0.15) is 0 Å². The quantitative estimate of drug-likeness (QED) is 0.658. The van der Waals surface area contributed by atoms with E-state index in [2.05, 4.69) is 20.6 Å². The van der Waals surface area contributed by atoms with E-state index < -0.39 is 0 Å². The number of hydrogen-bond donors (Lipinski definition) is 2. The molecule has 0 fully saturated rings. The lowest BCUT2D eigenvalue weighted by molar-refractivity contribution is -0.116. The molecule has 0 atom stereocenters. The maximum absolute atomic E-state index is 12.5. The van der Waals surface area contributed by atoms with Gasteiger partial charge in [-0.1, -0.05) is 6.07 Å². The second-order valence-corrected chi connectivity index (χ2v) is 6.56. The molecule has 3 aromatic heterocycles. The molecule has 0 aliphatic carbocycles. The number of nitrogens with one attached hydrogen (secondary N) is 2. The normalized spacial score (nSPS) is 10.8. The summed E-state index contributed by atoms with van der Waals surface area (Å²) >= 11 is 0. The summed E-state index contributed by atoms with van der Waals surface area (Å²) in [5.41, 5.74) is 4.05. The molecule has 2 N–H and O–H groups in total. The first-order valence-electron chi connectivity index (χ1n) is 8.90. The average Bonchev–Trinajstić information content (AvgIpc) is 2.96. The van der Waals surface area contributed by atoms with Crippen molar-refractivity contribution in [3.8, 4) is 0 Å². The van der Waals surface area contributed by atoms with Crippen LogP contribution in [0.3, 0.4) is 0 Å². The van der Waals surface area contributed by atoms with E-state index in [0.29, 0.717) is 36.6 Å². The summed E-state index contributed by atoms with van der Waals surface area (Å²) in [5, 5.41) is 5.63. The summed E-state index contributed by atoms with van der Waals surface area (Å²) in [5.74, 6) is 0.232. The second kappa shape index (κ2) is 7.99. The highest BCUT2D eigenvalue weighted by Gasteiger charge is 2.17. The lowest BCUT2D eigenvalue weighted by atomic mass is 10.2. The van der Waals surface area contributed by atoms with Gasteiger partial charge in [0.2, 0.25) is 5.91 Å². The van der Waals surface area contributed by atoms with E-state index in [4.69, 9.17) is 0 Å². The molecule has 0 aliphatic rings. The number of nitrogens with zero attached hydrogens (tertiary/aromatic N) is 3. The summed E-state index contributed by atoms with van der Waals surface area (Å²) in [6.07, 6.45) is 4.34. The summed E-state index contributed by atoms with van der Waals surface area (Å²) in [4.78, 5) is 33.1. The minimum Gasteiger partial charge on any atom is -0.351 e. The number of imidazole rings is 1. The Labute approximate surface area is 157 Å². The minimum atomic E-state index is -0.189.